The molecular formula is C11H12BrIO2. The lowest BCUT2D eigenvalue weighted by molar-refractivity contribution is 0.0225. The molecule has 0 saturated carbocycles. The van der Waals surface area contributed by atoms with Crippen molar-refractivity contribution in [1.29, 1.82) is 0 Å². The summed E-state index contributed by atoms with van der Waals surface area (Å²) >= 11 is 5.72. The Bertz CT molecular complexity index is 392. The molecular weight excluding hydrogens is 371 g/mol. The van der Waals surface area contributed by atoms with Gasteiger partial charge in [-0.15, -0.1) is 0 Å². The van der Waals surface area contributed by atoms with Crippen LogP contribution in [0.1, 0.15) is 25.5 Å². The van der Waals surface area contributed by atoms with Crippen molar-refractivity contribution in [1.82, 2.24) is 0 Å². The highest BCUT2D eigenvalue weighted by Gasteiger charge is 2.41. The molecule has 82 valence electrons. The van der Waals surface area contributed by atoms with E-state index >= 15 is 0 Å². The lowest BCUT2D eigenvalue weighted by atomic mass is 9.92. The zero-order valence-corrected chi connectivity index (χ0v) is 12.2. The van der Waals surface area contributed by atoms with Crippen molar-refractivity contribution in [2.24, 2.45) is 0 Å². The molecule has 0 amide bonds. The molecule has 0 fully saturated rings. The third kappa shape index (κ3) is 2.03. The van der Waals surface area contributed by atoms with E-state index < -0.39 is 6.10 Å². The van der Waals surface area contributed by atoms with E-state index in [4.69, 9.17) is 4.74 Å². The standard InChI is InChI=1S/C11H12BrIO2/c1-11(2)10(12)9(14)7-5-6(13)3-4-8(7)15-11/h3-5,9-10,14H,1-2H3. The summed E-state index contributed by atoms with van der Waals surface area (Å²) < 4.78 is 6.95. The van der Waals surface area contributed by atoms with E-state index in [0.717, 1.165) is 14.9 Å². The van der Waals surface area contributed by atoms with Crippen LogP contribution in [0.15, 0.2) is 18.2 Å². The summed E-state index contributed by atoms with van der Waals surface area (Å²) in [5, 5.41) is 10.2. The van der Waals surface area contributed by atoms with E-state index in [-0.39, 0.29) is 10.4 Å². The van der Waals surface area contributed by atoms with Gasteiger partial charge in [-0.05, 0) is 54.6 Å². The van der Waals surface area contributed by atoms with Gasteiger partial charge in [-0.1, -0.05) is 15.9 Å². The fraction of sp³-hybridized carbons (Fsp3) is 0.455. The second-order valence-corrected chi connectivity index (χ2v) is 6.47. The van der Waals surface area contributed by atoms with E-state index in [1.165, 1.54) is 0 Å². The fourth-order valence-electron chi connectivity index (χ4n) is 1.72. The van der Waals surface area contributed by atoms with Gasteiger partial charge in [0.1, 0.15) is 11.4 Å². The molecule has 1 aromatic rings. The van der Waals surface area contributed by atoms with Gasteiger partial charge in [0, 0.05) is 9.13 Å². The second kappa shape index (κ2) is 3.89. The SMILES string of the molecule is CC1(C)Oc2ccc(I)cc2C(O)C1Br. The Morgan fingerprint density at radius 3 is 2.80 bits per heavy atom. The highest BCUT2D eigenvalue weighted by atomic mass is 127. The lowest BCUT2D eigenvalue weighted by Crippen LogP contribution is -2.45. The fourth-order valence-corrected chi connectivity index (χ4v) is 2.61. The van der Waals surface area contributed by atoms with Crippen LogP contribution in [0.4, 0.5) is 0 Å². The molecule has 0 aromatic heterocycles. The number of hydrogen-bond acceptors (Lipinski definition) is 2. The average Bonchev–Trinajstić information content (AvgIpc) is 2.16. The third-order valence-corrected chi connectivity index (χ3v) is 4.88. The quantitative estimate of drug-likeness (QED) is 0.551. The van der Waals surface area contributed by atoms with E-state index in [1.807, 2.05) is 32.0 Å². The minimum Gasteiger partial charge on any atom is -0.486 e. The van der Waals surface area contributed by atoms with Crippen LogP contribution in [-0.4, -0.2) is 15.5 Å². The lowest BCUT2D eigenvalue weighted by Gasteiger charge is -2.40. The van der Waals surface area contributed by atoms with Crippen LogP contribution in [0.2, 0.25) is 0 Å². The Balaban J connectivity index is 2.50. The molecule has 4 heteroatoms. The topological polar surface area (TPSA) is 29.5 Å². The molecule has 2 unspecified atom stereocenters. The van der Waals surface area contributed by atoms with Crippen LogP contribution in [0, 0.1) is 3.57 Å². The summed E-state index contributed by atoms with van der Waals surface area (Å²) in [6, 6.07) is 5.86. The predicted molar refractivity (Wildman–Crippen MR) is 71.5 cm³/mol. The largest absolute Gasteiger partial charge is 0.486 e. The zero-order valence-electron chi connectivity index (χ0n) is 8.50. The molecule has 15 heavy (non-hydrogen) atoms. The molecule has 0 saturated heterocycles. The first-order chi connectivity index (χ1) is 6.92. The number of aliphatic hydroxyl groups excluding tert-OH is 1. The number of fused-ring (bicyclic) bond motifs is 1. The summed E-state index contributed by atoms with van der Waals surface area (Å²) in [4.78, 5) is -0.0873. The minimum atomic E-state index is -0.515. The van der Waals surface area contributed by atoms with Gasteiger partial charge in [0.25, 0.3) is 0 Å². The molecule has 2 nitrogen and oxygen atoms in total. The molecule has 1 aromatic carbocycles. The minimum absolute atomic E-state index is 0.0873. The smallest absolute Gasteiger partial charge is 0.126 e. The van der Waals surface area contributed by atoms with Crippen LogP contribution in [0.3, 0.4) is 0 Å². The zero-order chi connectivity index (χ0) is 11.2. The molecule has 0 aliphatic carbocycles. The first kappa shape index (κ1) is 11.7. The van der Waals surface area contributed by atoms with Gasteiger partial charge < -0.3 is 9.84 Å². The Morgan fingerprint density at radius 2 is 2.13 bits per heavy atom. The van der Waals surface area contributed by atoms with Crippen molar-refractivity contribution in [2.75, 3.05) is 0 Å². The van der Waals surface area contributed by atoms with Crippen molar-refractivity contribution in [3.05, 3.63) is 27.3 Å². The number of alkyl halides is 1. The molecule has 0 spiro atoms. The predicted octanol–water partition coefficient (Wildman–Crippen LogP) is 3.26. The van der Waals surface area contributed by atoms with Gasteiger partial charge in [0.2, 0.25) is 0 Å². The second-order valence-electron chi connectivity index (χ2n) is 4.23. The number of rotatable bonds is 0. The van der Waals surface area contributed by atoms with Gasteiger partial charge in [-0.25, -0.2) is 0 Å². The van der Waals surface area contributed by atoms with Gasteiger partial charge in [-0.2, -0.15) is 0 Å². The molecule has 2 rings (SSSR count). The number of hydrogen-bond donors (Lipinski definition) is 1. The summed E-state index contributed by atoms with van der Waals surface area (Å²) in [5.41, 5.74) is 0.474. The molecule has 1 aliphatic heterocycles. The highest BCUT2D eigenvalue weighted by molar-refractivity contribution is 14.1. The van der Waals surface area contributed by atoms with Crippen LogP contribution in [-0.2, 0) is 0 Å². The van der Waals surface area contributed by atoms with Gasteiger partial charge in [0.15, 0.2) is 0 Å². The molecule has 1 aliphatic rings. The van der Waals surface area contributed by atoms with Crippen LogP contribution >= 0.6 is 38.5 Å². The van der Waals surface area contributed by atoms with Crippen molar-refractivity contribution in [2.45, 2.75) is 30.4 Å². The summed E-state index contributed by atoms with van der Waals surface area (Å²) in [7, 11) is 0. The number of halogens is 2. The normalized spacial score (nSPS) is 28.1. The Hall–Kier alpha value is 0.190. The Labute approximate surface area is 111 Å². The first-order valence-electron chi connectivity index (χ1n) is 4.72. The number of ether oxygens (including phenoxy) is 1. The van der Waals surface area contributed by atoms with Crippen LogP contribution in [0.5, 0.6) is 5.75 Å². The number of benzene rings is 1. The van der Waals surface area contributed by atoms with Crippen molar-refractivity contribution in [3.63, 3.8) is 0 Å². The summed E-state index contributed by atoms with van der Waals surface area (Å²) in [5.74, 6) is 0.781. The molecule has 0 bridgehead atoms. The van der Waals surface area contributed by atoms with Crippen LogP contribution in [0.25, 0.3) is 0 Å². The molecule has 1 heterocycles. The van der Waals surface area contributed by atoms with E-state index in [2.05, 4.69) is 38.5 Å². The van der Waals surface area contributed by atoms with Crippen LogP contribution < -0.4 is 4.74 Å². The van der Waals surface area contributed by atoms with Gasteiger partial charge >= 0.3 is 0 Å². The average molecular weight is 383 g/mol. The third-order valence-electron chi connectivity index (χ3n) is 2.60. The van der Waals surface area contributed by atoms with E-state index in [9.17, 15) is 5.11 Å². The van der Waals surface area contributed by atoms with Crippen molar-refractivity contribution >= 4 is 38.5 Å². The number of aliphatic hydroxyl groups is 1. The van der Waals surface area contributed by atoms with Gasteiger partial charge in [0.05, 0.1) is 10.9 Å². The Morgan fingerprint density at radius 1 is 1.47 bits per heavy atom. The molecule has 1 N–H and O–H groups in total. The van der Waals surface area contributed by atoms with Gasteiger partial charge in [-0.3, -0.25) is 0 Å². The highest BCUT2D eigenvalue weighted by Crippen LogP contribution is 2.43. The maximum Gasteiger partial charge on any atom is 0.126 e. The monoisotopic (exact) mass is 382 g/mol. The maximum atomic E-state index is 10.2. The van der Waals surface area contributed by atoms with Crippen molar-refractivity contribution < 1.29 is 9.84 Å². The summed E-state index contributed by atoms with van der Waals surface area (Å²) in [6.07, 6.45) is -0.515. The Kier molecular flexibility index (Phi) is 3.03. The first-order valence-corrected chi connectivity index (χ1v) is 6.72. The van der Waals surface area contributed by atoms with E-state index in [1.54, 1.807) is 0 Å². The van der Waals surface area contributed by atoms with E-state index in [0.29, 0.717) is 0 Å². The molecule has 0 radical (unpaired) electrons. The maximum absolute atomic E-state index is 10.2. The summed E-state index contributed by atoms with van der Waals surface area (Å²) in [6.45, 7) is 3.94. The van der Waals surface area contributed by atoms with Crippen molar-refractivity contribution in [3.8, 4) is 5.75 Å². The molecule has 2 atom stereocenters.